The highest BCUT2D eigenvalue weighted by Gasteiger charge is 2.32. The summed E-state index contributed by atoms with van der Waals surface area (Å²) in [7, 11) is 0. The van der Waals surface area contributed by atoms with Crippen molar-refractivity contribution >= 4 is 16.9 Å². The van der Waals surface area contributed by atoms with E-state index in [0.717, 1.165) is 49.3 Å². The first kappa shape index (κ1) is 19.4. The van der Waals surface area contributed by atoms with E-state index in [4.69, 9.17) is 4.74 Å². The van der Waals surface area contributed by atoms with Crippen LogP contribution in [0.3, 0.4) is 0 Å². The second-order valence-corrected chi connectivity index (χ2v) is 8.08. The van der Waals surface area contributed by atoms with Crippen LogP contribution in [0.1, 0.15) is 29.8 Å². The Kier molecular flexibility index (Phi) is 5.66. The molecule has 0 aliphatic carbocycles. The number of nitrogens with one attached hydrogen (secondary N) is 1. The summed E-state index contributed by atoms with van der Waals surface area (Å²) in [5.74, 6) is 0.784. The zero-order valence-corrected chi connectivity index (χ0v) is 16.8. The van der Waals surface area contributed by atoms with Crippen molar-refractivity contribution in [1.82, 2.24) is 19.8 Å². The Labute approximate surface area is 165 Å². The fraction of sp³-hybridized carbons (Fsp3) is 0.619. The van der Waals surface area contributed by atoms with Crippen LogP contribution in [0.25, 0.3) is 11.0 Å². The Bertz CT molecular complexity index is 844. The summed E-state index contributed by atoms with van der Waals surface area (Å²) in [5, 5.41) is 10.6. The third-order valence-corrected chi connectivity index (χ3v) is 5.99. The van der Waals surface area contributed by atoms with Gasteiger partial charge in [-0.05, 0) is 43.9 Å². The number of morpholine rings is 1. The van der Waals surface area contributed by atoms with E-state index in [-0.39, 0.29) is 18.4 Å². The predicted octanol–water partition coefficient (Wildman–Crippen LogP) is 1.41. The molecule has 1 amide bonds. The van der Waals surface area contributed by atoms with E-state index in [1.807, 2.05) is 11.8 Å². The number of carbonyl (C=O) groups excluding carboxylic acids is 1. The zero-order valence-electron chi connectivity index (χ0n) is 16.8. The number of aromatic amines is 1. The molecule has 0 unspecified atom stereocenters. The third-order valence-electron chi connectivity index (χ3n) is 5.99. The number of rotatable bonds is 3. The summed E-state index contributed by atoms with van der Waals surface area (Å²) in [6, 6.07) is 4.29. The summed E-state index contributed by atoms with van der Waals surface area (Å²) >= 11 is 0. The number of aryl methyl sites for hydroxylation is 2. The van der Waals surface area contributed by atoms with Crippen molar-refractivity contribution in [2.45, 2.75) is 45.3 Å². The Morgan fingerprint density at radius 2 is 1.96 bits per heavy atom. The highest BCUT2D eigenvalue weighted by molar-refractivity contribution is 5.82. The Hall–Kier alpha value is -1.96. The minimum Gasteiger partial charge on any atom is -0.391 e. The van der Waals surface area contributed by atoms with Gasteiger partial charge < -0.3 is 19.7 Å². The molecule has 152 valence electrons. The molecule has 7 nitrogen and oxygen atoms in total. The van der Waals surface area contributed by atoms with Crippen LogP contribution in [0.5, 0.6) is 0 Å². The molecule has 2 saturated heterocycles. The number of aromatic nitrogens is 2. The van der Waals surface area contributed by atoms with Crippen LogP contribution < -0.4 is 0 Å². The molecule has 2 N–H and O–H groups in total. The maximum Gasteiger partial charge on any atom is 0.230 e. The monoisotopic (exact) mass is 386 g/mol. The fourth-order valence-corrected chi connectivity index (χ4v) is 4.52. The van der Waals surface area contributed by atoms with Gasteiger partial charge in [0, 0.05) is 32.2 Å². The molecule has 3 heterocycles. The number of likely N-dealkylation sites (tertiary alicyclic amines) is 1. The van der Waals surface area contributed by atoms with Crippen molar-refractivity contribution in [3.8, 4) is 0 Å². The van der Waals surface area contributed by atoms with Crippen molar-refractivity contribution < 1.29 is 14.6 Å². The molecule has 1 aromatic heterocycles. The van der Waals surface area contributed by atoms with Crippen LogP contribution in [0.15, 0.2) is 12.1 Å². The highest BCUT2D eigenvalue weighted by Crippen LogP contribution is 2.21. The topological polar surface area (TPSA) is 81.7 Å². The molecule has 0 spiro atoms. The summed E-state index contributed by atoms with van der Waals surface area (Å²) in [6.07, 6.45) is 1.29. The molecule has 2 aliphatic rings. The van der Waals surface area contributed by atoms with E-state index in [0.29, 0.717) is 25.3 Å². The van der Waals surface area contributed by atoms with E-state index in [9.17, 15) is 9.90 Å². The van der Waals surface area contributed by atoms with Crippen LogP contribution in [0, 0.1) is 13.8 Å². The molecule has 1 aromatic carbocycles. The number of nitrogens with zero attached hydrogens (tertiary/aromatic N) is 3. The molecular formula is C21H30N4O3. The number of hydrogen-bond acceptors (Lipinski definition) is 5. The third kappa shape index (κ3) is 4.06. The van der Waals surface area contributed by atoms with Gasteiger partial charge in [-0.2, -0.15) is 0 Å². The van der Waals surface area contributed by atoms with Crippen LogP contribution >= 0.6 is 0 Å². The van der Waals surface area contributed by atoms with Gasteiger partial charge in [-0.1, -0.05) is 6.07 Å². The molecule has 0 saturated carbocycles. The average molecular weight is 386 g/mol. The van der Waals surface area contributed by atoms with Gasteiger partial charge in [0.15, 0.2) is 0 Å². The van der Waals surface area contributed by atoms with E-state index < -0.39 is 6.10 Å². The smallest absolute Gasteiger partial charge is 0.230 e. The second-order valence-electron chi connectivity index (χ2n) is 8.08. The number of carbonyl (C=O) groups is 1. The molecule has 0 bridgehead atoms. The normalized spacial score (nSPS) is 24.5. The number of imidazole rings is 1. The van der Waals surface area contributed by atoms with Gasteiger partial charge in [0.1, 0.15) is 5.82 Å². The number of benzene rings is 1. The van der Waals surface area contributed by atoms with E-state index in [2.05, 4.69) is 33.9 Å². The van der Waals surface area contributed by atoms with E-state index >= 15 is 0 Å². The van der Waals surface area contributed by atoms with E-state index in [1.54, 1.807) is 0 Å². The van der Waals surface area contributed by atoms with E-state index in [1.165, 1.54) is 5.56 Å². The number of aliphatic hydroxyl groups is 1. The molecule has 2 aliphatic heterocycles. The number of amides is 1. The predicted molar refractivity (Wildman–Crippen MR) is 107 cm³/mol. The first-order valence-corrected chi connectivity index (χ1v) is 10.2. The molecule has 28 heavy (non-hydrogen) atoms. The molecule has 4 rings (SSSR count). The molecule has 7 heteroatoms. The molecule has 0 radical (unpaired) electrons. The maximum atomic E-state index is 12.9. The van der Waals surface area contributed by atoms with Gasteiger partial charge >= 0.3 is 0 Å². The number of hydrogen-bond donors (Lipinski definition) is 2. The van der Waals surface area contributed by atoms with Gasteiger partial charge in [0.05, 0.1) is 36.8 Å². The lowest BCUT2D eigenvalue weighted by atomic mass is 10.0. The van der Waals surface area contributed by atoms with Crippen molar-refractivity contribution in [1.29, 1.82) is 0 Å². The molecule has 2 aromatic rings. The number of aliphatic hydroxyl groups excluding tert-OH is 1. The van der Waals surface area contributed by atoms with Gasteiger partial charge in [0.2, 0.25) is 5.91 Å². The van der Waals surface area contributed by atoms with Crippen LogP contribution in [0.2, 0.25) is 0 Å². The first-order chi connectivity index (χ1) is 13.5. The van der Waals surface area contributed by atoms with Crippen LogP contribution in [0.4, 0.5) is 0 Å². The Morgan fingerprint density at radius 3 is 2.75 bits per heavy atom. The highest BCUT2D eigenvalue weighted by atomic mass is 16.5. The van der Waals surface area contributed by atoms with Gasteiger partial charge in [-0.3, -0.25) is 9.69 Å². The summed E-state index contributed by atoms with van der Waals surface area (Å²) in [5.41, 5.74) is 4.23. The Morgan fingerprint density at radius 1 is 1.21 bits per heavy atom. The second kappa shape index (κ2) is 8.19. The summed E-state index contributed by atoms with van der Waals surface area (Å²) in [4.78, 5) is 25.0. The summed E-state index contributed by atoms with van der Waals surface area (Å²) in [6.45, 7) is 8.53. The first-order valence-electron chi connectivity index (χ1n) is 10.2. The quantitative estimate of drug-likeness (QED) is 0.834. The number of fused-ring (bicyclic) bond motifs is 1. The lowest BCUT2D eigenvalue weighted by Gasteiger charge is -2.36. The SMILES string of the molecule is Cc1cc(C)c2nc(CC(=O)N3CC[C@H](O)[C@@H](N4CCOCC4)CC3)[nH]c2c1. The van der Waals surface area contributed by atoms with Crippen molar-refractivity contribution in [2.24, 2.45) is 0 Å². The van der Waals surface area contributed by atoms with Crippen LogP contribution in [-0.2, 0) is 16.0 Å². The van der Waals surface area contributed by atoms with Gasteiger partial charge in [-0.15, -0.1) is 0 Å². The minimum atomic E-state index is -0.396. The lowest BCUT2D eigenvalue weighted by molar-refractivity contribution is -0.130. The number of H-pyrrole nitrogens is 1. The van der Waals surface area contributed by atoms with Gasteiger partial charge in [0.25, 0.3) is 0 Å². The summed E-state index contributed by atoms with van der Waals surface area (Å²) < 4.78 is 5.43. The van der Waals surface area contributed by atoms with Gasteiger partial charge in [-0.25, -0.2) is 4.98 Å². The van der Waals surface area contributed by atoms with Crippen LogP contribution in [-0.4, -0.2) is 82.3 Å². The lowest BCUT2D eigenvalue weighted by Crippen LogP contribution is -2.49. The van der Waals surface area contributed by atoms with Crippen molar-refractivity contribution in [2.75, 3.05) is 39.4 Å². The molecular weight excluding hydrogens is 356 g/mol. The largest absolute Gasteiger partial charge is 0.391 e. The van der Waals surface area contributed by atoms with Crippen molar-refractivity contribution in [3.63, 3.8) is 0 Å². The Balaban J connectivity index is 1.41. The number of ether oxygens (including phenoxy) is 1. The molecule has 2 atom stereocenters. The average Bonchev–Trinajstić information content (AvgIpc) is 2.96. The zero-order chi connectivity index (χ0) is 19.7. The fourth-order valence-electron chi connectivity index (χ4n) is 4.52. The van der Waals surface area contributed by atoms with Crippen molar-refractivity contribution in [3.05, 3.63) is 29.1 Å². The maximum absolute atomic E-state index is 12.9. The molecule has 2 fully saturated rings. The standard InChI is InChI=1S/C21H30N4O3/c1-14-11-15(2)21-16(12-14)22-19(23-21)13-20(27)25-5-3-17(18(26)4-6-25)24-7-9-28-10-8-24/h11-12,17-18,26H,3-10,13H2,1-2H3,(H,22,23)/t17-,18-/m0/s1. The minimum absolute atomic E-state index is 0.0725.